The summed E-state index contributed by atoms with van der Waals surface area (Å²) in [5, 5.41) is 3.85. The van der Waals surface area contributed by atoms with Gasteiger partial charge in [0.05, 0.1) is 6.04 Å². The van der Waals surface area contributed by atoms with Gasteiger partial charge in [-0.05, 0) is 19.3 Å². The van der Waals surface area contributed by atoms with Gasteiger partial charge in [0.15, 0.2) is 5.69 Å². The minimum atomic E-state index is -0.219. The van der Waals surface area contributed by atoms with E-state index in [4.69, 9.17) is 4.52 Å². The van der Waals surface area contributed by atoms with E-state index < -0.39 is 0 Å². The molecule has 1 aliphatic rings. The van der Waals surface area contributed by atoms with Gasteiger partial charge in [0.2, 0.25) is 0 Å². The second-order valence-corrected chi connectivity index (χ2v) is 5.66. The van der Waals surface area contributed by atoms with Gasteiger partial charge in [-0.15, -0.1) is 0 Å². The van der Waals surface area contributed by atoms with Crippen molar-refractivity contribution in [2.45, 2.75) is 45.6 Å². The maximum Gasteiger partial charge on any atom is 0.276 e. The molecule has 23 heavy (non-hydrogen) atoms. The third kappa shape index (κ3) is 3.04. The maximum atomic E-state index is 12.7. The fraction of sp³-hybridized carbons (Fsp3) is 0.500. The minimum absolute atomic E-state index is 0.180. The van der Waals surface area contributed by atoms with Crippen molar-refractivity contribution < 1.29 is 9.32 Å². The molecule has 1 amide bonds. The summed E-state index contributed by atoms with van der Waals surface area (Å²) in [7, 11) is 0. The minimum Gasteiger partial charge on any atom is -0.361 e. The number of rotatable bonds is 4. The lowest BCUT2D eigenvalue weighted by Gasteiger charge is -2.23. The van der Waals surface area contributed by atoms with E-state index in [1.165, 1.54) is 6.07 Å². The van der Waals surface area contributed by atoms with Crippen LogP contribution in [0.1, 0.15) is 60.5 Å². The summed E-state index contributed by atoms with van der Waals surface area (Å²) in [6.07, 6.45) is 3.02. The average Bonchev–Trinajstić information content (AvgIpc) is 3.22. The molecule has 0 spiro atoms. The Balaban J connectivity index is 1.89. The largest absolute Gasteiger partial charge is 0.361 e. The molecular formula is C16H20N4O3. The monoisotopic (exact) mass is 316 g/mol. The summed E-state index contributed by atoms with van der Waals surface area (Å²) >= 11 is 0. The van der Waals surface area contributed by atoms with Gasteiger partial charge in [-0.25, -0.2) is 4.98 Å². The van der Waals surface area contributed by atoms with Gasteiger partial charge in [-0.3, -0.25) is 9.59 Å². The Hall–Kier alpha value is -2.44. The van der Waals surface area contributed by atoms with Crippen LogP contribution in [0.5, 0.6) is 0 Å². The zero-order valence-corrected chi connectivity index (χ0v) is 13.3. The molecule has 1 saturated heterocycles. The standard InChI is InChI=1S/C16H20N4O3/c1-3-10-8-14(21)18-15(17-10)13-6-5-7-20(13)16(22)12-9-11(4-2)23-19-12/h8-9,13H,3-7H2,1-2H3,(H,17,18,21). The lowest BCUT2D eigenvalue weighted by molar-refractivity contribution is 0.0719. The molecule has 2 aromatic heterocycles. The first-order valence-corrected chi connectivity index (χ1v) is 7.99. The molecular weight excluding hydrogens is 296 g/mol. The molecule has 0 aromatic carbocycles. The van der Waals surface area contributed by atoms with E-state index >= 15 is 0 Å². The smallest absolute Gasteiger partial charge is 0.276 e. The molecule has 0 saturated carbocycles. The molecule has 2 aromatic rings. The van der Waals surface area contributed by atoms with Crippen molar-refractivity contribution in [2.24, 2.45) is 0 Å². The average molecular weight is 316 g/mol. The van der Waals surface area contributed by atoms with E-state index in [-0.39, 0.29) is 17.5 Å². The Morgan fingerprint density at radius 2 is 2.22 bits per heavy atom. The molecule has 1 atom stereocenters. The molecule has 1 aliphatic heterocycles. The Bertz CT molecular complexity index is 765. The summed E-state index contributed by atoms with van der Waals surface area (Å²) in [6, 6.07) is 2.95. The van der Waals surface area contributed by atoms with Crippen LogP contribution in [0.2, 0.25) is 0 Å². The number of hydrogen-bond acceptors (Lipinski definition) is 5. The highest BCUT2D eigenvalue weighted by atomic mass is 16.5. The quantitative estimate of drug-likeness (QED) is 0.929. The topological polar surface area (TPSA) is 92.1 Å². The third-order valence-corrected chi connectivity index (χ3v) is 4.13. The van der Waals surface area contributed by atoms with Crippen molar-refractivity contribution >= 4 is 5.91 Å². The predicted octanol–water partition coefficient (Wildman–Crippen LogP) is 1.86. The molecule has 7 nitrogen and oxygen atoms in total. The fourth-order valence-corrected chi connectivity index (χ4v) is 2.89. The second-order valence-electron chi connectivity index (χ2n) is 5.66. The highest BCUT2D eigenvalue weighted by molar-refractivity contribution is 5.92. The number of likely N-dealkylation sites (tertiary alicyclic amines) is 1. The van der Waals surface area contributed by atoms with Crippen LogP contribution in [0.15, 0.2) is 21.5 Å². The maximum absolute atomic E-state index is 12.7. The summed E-state index contributed by atoms with van der Waals surface area (Å²) < 4.78 is 5.12. The Kier molecular flexibility index (Phi) is 4.27. The number of hydrogen-bond donors (Lipinski definition) is 1. The van der Waals surface area contributed by atoms with Crippen molar-refractivity contribution in [3.63, 3.8) is 0 Å². The molecule has 3 rings (SSSR count). The lowest BCUT2D eigenvalue weighted by Crippen LogP contribution is -2.32. The van der Waals surface area contributed by atoms with Crippen molar-refractivity contribution in [1.29, 1.82) is 0 Å². The molecule has 0 radical (unpaired) electrons. The number of H-pyrrole nitrogens is 1. The van der Waals surface area contributed by atoms with Crippen molar-refractivity contribution in [3.8, 4) is 0 Å². The normalized spacial score (nSPS) is 17.7. The summed E-state index contributed by atoms with van der Waals surface area (Å²) in [5.41, 5.74) is 0.862. The van der Waals surface area contributed by atoms with E-state index in [1.54, 1.807) is 11.0 Å². The number of nitrogens with zero attached hydrogens (tertiary/aromatic N) is 3. The van der Waals surface area contributed by atoms with Crippen LogP contribution >= 0.6 is 0 Å². The third-order valence-electron chi connectivity index (χ3n) is 4.13. The first kappa shape index (κ1) is 15.5. The van der Waals surface area contributed by atoms with Crippen LogP contribution in [0.4, 0.5) is 0 Å². The number of carbonyl (C=O) groups excluding carboxylic acids is 1. The van der Waals surface area contributed by atoms with Crippen LogP contribution in [0, 0.1) is 0 Å². The Morgan fingerprint density at radius 3 is 2.91 bits per heavy atom. The van der Waals surface area contributed by atoms with Gasteiger partial charge in [-0.2, -0.15) is 0 Å². The van der Waals surface area contributed by atoms with Crippen LogP contribution in [0.3, 0.4) is 0 Å². The lowest BCUT2D eigenvalue weighted by atomic mass is 10.2. The number of aromatic nitrogens is 3. The number of aromatic amines is 1. The highest BCUT2D eigenvalue weighted by Gasteiger charge is 2.33. The van der Waals surface area contributed by atoms with Gasteiger partial charge in [0.25, 0.3) is 11.5 Å². The molecule has 0 aliphatic carbocycles. The van der Waals surface area contributed by atoms with Crippen molar-refractivity contribution in [1.82, 2.24) is 20.0 Å². The molecule has 7 heteroatoms. The molecule has 0 bridgehead atoms. The van der Waals surface area contributed by atoms with Crippen molar-refractivity contribution in [2.75, 3.05) is 6.54 Å². The van der Waals surface area contributed by atoms with Crippen LogP contribution in [-0.4, -0.2) is 32.5 Å². The van der Waals surface area contributed by atoms with E-state index in [2.05, 4.69) is 15.1 Å². The molecule has 1 fully saturated rings. The Labute approximate surface area is 133 Å². The first-order chi connectivity index (χ1) is 11.1. The summed E-state index contributed by atoms with van der Waals surface area (Å²) in [4.78, 5) is 33.5. The second kappa shape index (κ2) is 6.36. The Morgan fingerprint density at radius 1 is 1.39 bits per heavy atom. The fourth-order valence-electron chi connectivity index (χ4n) is 2.89. The molecule has 1 unspecified atom stereocenters. The van der Waals surface area contributed by atoms with Gasteiger partial charge in [-0.1, -0.05) is 19.0 Å². The highest BCUT2D eigenvalue weighted by Crippen LogP contribution is 2.30. The van der Waals surface area contributed by atoms with Crippen LogP contribution in [-0.2, 0) is 12.8 Å². The van der Waals surface area contributed by atoms with E-state index in [9.17, 15) is 9.59 Å². The number of carbonyl (C=O) groups is 1. The van der Waals surface area contributed by atoms with E-state index in [0.717, 1.165) is 18.5 Å². The van der Waals surface area contributed by atoms with Crippen LogP contribution < -0.4 is 5.56 Å². The van der Waals surface area contributed by atoms with Gasteiger partial charge in [0.1, 0.15) is 11.6 Å². The van der Waals surface area contributed by atoms with Crippen LogP contribution in [0.25, 0.3) is 0 Å². The number of nitrogens with one attached hydrogen (secondary N) is 1. The van der Waals surface area contributed by atoms with Gasteiger partial charge in [0, 0.05) is 30.8 Å². The number of aryl methyl sites for hydroxylation is 2. The van der Waals surface area contributed by atoms with E-state index in [1.807, 2.05) is 13.8 Å². The zero-order chi connectivity index (χ0) is 16.4. The predicted molar refractivity (Wildman–Crippen MR) is 83.1 cm³/mol. The first-order valence-electron chi connectivity index (χ1n) is 7.99. The summed E-state index contributed by atoms with van der Waals surface area (Å²) in [5.74, 6) is 1.06. The van der Waals surface area contributed by atoms with Gasteiger partial charge < -0.3 is 14.4 Å². The molecule has 122 valence electrons. The number of amides is 1. The molecule has 3 heterocycles. The molecule has 1 N–H and O–H groups in total. The van der Waals surface area contributed by atoms with E-state index in [0.29, 0.717) is 36.7 Å². The summed E-state index contributed by atoms with van der Waals surface area (Å²) in [6.45, 7) is 4.51. The van der Waals surface area contributed by atoms with Gasteiger partial charge >= 0.3 is 0 Å². The SMILES string of the molecule is CCc1cc(=O)[nH]c(C2CCCN2C(=O)c2cc(CC)on2)n1. The zero-order valence-electron chi connectivity index (χ0n) is 13.3. The van der Waals surface area contributed by atoms with Crippen molar-refractivity contribution in [3.05, 3.63) is 45.5 Å².